The van der Waals surface area contributed by atoms with Crippen molar-refractivity contribution in [3.8, 4) is 45.6 Å². The molecular formula is C30H32N2O6. The molecule has 2 aliphatic heterocycles. The third-order valence-electron chi connectivity index (χ3n) is 8.01. The van der Waals surface area contributed by atoms with Gasteiger partial charge >= 0.3 is 0 Å². The van der Waals surface area contributed by atoms with Crippen molar-refractivity contribution in [3.63, 3.8) is 0 Å². The van der Waals surface area contributed by atoms with Gasteiger partial charge in [0.15, 0.2) is 35.5 Å². The molecule has 6 rings (SSSR count). The van der Waals surface area contributed by atoms with E-state index in [1.807, 2.05) is 53.7 Å². The quantitative estimate of drug-likeness (QED) is 0.180. The highest BCUT2D eigenvalue weighted by Crippen LogP contribution is 2.60. The second kappa shape index (κ2) is 7.82. The summed E-state index contributed by atoms with van der Waals surface area (Å²) < 4.78 is 12.4. The van der Waals surface area contributed by atoms with Crippen LogP contribution in [-0.2, 0) is 0 Å². The SMILES string of the molecule is Cc1cc2c(C(C)C)c(O)c(O)c3c2c(c1-c1c(C)cc2c(C(C)C)c(O)c(O)c4c2c1O[C@@H]4N)O[C@H]3N. The fourth-order valence-electron chi connectivity index (χ4n) is 6.49. The number of aromatic hydroxyl groups is 4. The lowest BCUT2D eigenvalue weighted by atomic mass is 9.84. The van der Waals surface area contributed by atoms with Crippen LogP contribution in [0.15, 0.2) is 12.1 Å². The molecule has 2 atom stereocenters. The van der Waals surface area contributed by atoms with Crippen molar-refractivity contribution in [3.05, 3.63) is 45.5 Å². The molecule has 0 saturated carbocycles. The molecule has 198 valence electrons. The van der Waals surface area contributed by atoms with Crippen LogP contribution in [0.2, 0.25) is 0 Å². The van der Waals surface area contributed by atoms with Crippen molar-refractivity contribution in [2.45, 2.75) is 65.8 Å². The van der Waals surface area contributed by atoms with E-state index in [2.05, 4.69) is 0 Å². The van der Waals surface area contributed by atoms with E-state index in [4.69, 9.17) is 20.9 Å². The Morgan fingerprint density at radius 2 is 0.974 bits per heavy atom. The molecule has 38 heavy (non-hydrogen) atoms. The van der Waals surface area contributed by atoms with Gasteiger partial charge in [-0.3, -0.25) is 11.5 Å². The van der Waals surface area contributed by atoms with Crippen molar-refractivity contribution in [2.24, 2.45) is 11.5 Å². The first-order chi connectivity index (χ1) is 17.9. The van der Waals surface area contributed by atoms with Gasteiger partial charge in [-0.2, -0.15) is 0 Å². The molecule has 2 aliphatic rings. The van der Waals surface area contributed by atoms with Crippen molar-refractivity contribution >= 4 is 21.5 Å². The van der Waals surface area contributed by atoms with Gasteiger partial charge in [0.1, 0.15) is 11.5 Å². The molecule has 0 unspecified atom stereocenters. The number of benzene rings is 4. The van der Waals surface area contributed by atoms with Gasteiger partial charge in [0.2, 0.25) is 0 Å². The van der Waals surface area contributed by atoms with Crippen LogP contribution in [0.3, 0.4) is 0 Å². The molecule has 0 aromatic heterocycles. The molecule has 8 N–H and O–H groups in total. The fourth-order valence-corrected chi connectivity index (χ4v) is 6.49. The predicted octanol–water partition coefficient (Wildman–Crippen LogP) is 6.05. The third kappa shape index (κ3) is 2.87. The largest absolute Gasteiger partial charge is 0.504 e. The maximum atomic E-state index is 10.9. The number of phenolic OH excluding ortho intramolecular Hbond substituents is 4. The van der Waals surface area contributed by atoms with Crippen LogP contribution in [-0.4, -0.2) is 20.4 Å². The van der Waals surface area contributed by atoms with Crippen molar-refractivity contribution in [1.82, 2.24) is 0 Å². The summed E-state index contributed by atoms with van der Waals surface area (Å²) in [7, 11) is 0. The molecule has 8 nitrogen and oxygen atoms in total. The maximum Gasteiger partial charge on any atom is 0.178 e. The number of nitrogens with two attached hydrogens (primary N) is 2. The zero-order valence-corrected chi connectivity index (χ0v) is 22.2. The van der Waals surface area contributed by atoms with Crippen LogP contribution in [0.5, 0.6) is 34.5 Å². The summed E-state index contributed by atoms with van der Waals surface area (Å²) in [5.41, 5.74) is 17.8. The molecule has 4 aromatic carbocycles. The minimum atomic E-state index is -0.971. The Kier molecular flexibility index (Phi) is 5.03. The number of rotatable bonds is 3. The molecule has 0 radical (unpaired) electrons. The van der Waals surface area contributed by atoms with Crippen LogP contribution in [0.1, 0.15) is 85.4 Å². The molecule has 0 spiro atoms. The van der Waals surface area contributed by atoms with Crippen molar-refractivity contribution < 1.29 is 29.9 Å². The summed E-state index contributed by atoms with van der Waals surface area (Å²) in [5.74, 6) is -0.0610. The van der Waals surface area contributed by atoms with Crippen molar-refractivity contribution in [1.29, 1.82) is 0 Å². The minimum absolute atomic E-state index is 0.0704. The Balaban J connectivity index is 1.79. The van der Waals surface area contributed by atoms with Gasteiger partial charge in [-0.1, -0.05) is 39.8 Å². The number of hydrogen-bond acceptors (Lipinski definition) is 8. The first-order valence-corrected chi connectivity index (χ1v) is 12.8. The van der Waals surface area contributed by atoms with E-state index in [0.29, 0.717) is 44.5 Å². The van der Waals surface area contributed by atoms with Gasteiger partial charge in [0, 0.05) is 33.0 Å². The fraction of sp³-hybridized carbons (Fsp3) is 0.333. The molecule has 0 bridgehead atoms. The summed E-state index contributed by atoms with van der Waals surface area (Å²) in [4.78, 5) is 0. The predicted molar refractivity (Wildman–Crippen MR) is 146 cm³/mol. The van der Waals surface area contributed by atoms with Gasteiger partial charge < -0.3 is 29.9 Å². The summed E-state index contributed by atoms with van der Waals surface area (Å²) in [6.45, 7) is 11.7. The monoisotopic (exact) mass is 516 g/mol. The first-order valence-electron chi connectivity index (χ1n) is 12.8. The number of hydrogen-bond donors (Lipinski definition) is 6. The Hall–Kier alpha value is -3.88. The highest BCUT2D eigenvalue weighted by Gasteiger charge is 2.39. The zero-order valence-electron chi connectivity index (χ0n) is 22.2. The van der Waals surface area contributed by atoms with Crippen LogP contribution >= 0.6 is 0 Å². The summed E-state index contributed by atoms with van der Waals surface area (Å²) in [5, 5.41) is 46.4. The Bertz CT molecular complexity index is 1600. The lowest BCUT2D eigenvalue weighted by Gasteiger charge is -2.21. The lowest BCUT2D eigenvalue weighted by Crippen LogP contribution is -2.14. The lowest BCUT2D eigenvalue weighted by molar-refractivity contribution is 0.225. The van der Waals surface area contributed by atoms with Crippen LogP contribution in [0, 0.1) is 13.8 Å². The number of aryl methyl sites for hydroxylation is 2. The number of ether oxygens (including phenoxy) is 2. The Labute approximate surface area is 220 Å². The van der Waals surface area contributed by atoms with Gasteiger partial charge in [-0.15, -0.1) is 0 Å². The second-order valence-electron chi connectivity index (χ2n) is 11.1. The molecule has 8 heteroatoms. The summed E-state index contributed by atoms with van der Waals surface area (Å²) in [6, 6.07) is 3.96. The third-order valence-corrected chi connectivity index (χ3v) is 8.01. The van der Waals surface area contributed by atoms with Crippen molar-refractivity contribution in [2.75, 3.05) is 0 Å². The number of phenols is 4. The second-order valence-corrected chi connectivity index (χ2v) is 11.1. The standard InChI is InChI=1S/C30H32N2O6/c1-9(2)15-13-7-11(5)17(27-19(13)21(29(31)37-27)25(35)23(15)33)18-12(6)8-14-16(10(3)4)24(34)26(36)22-20(14)28(18)38-30(22)32/h7-10,29-30,33-36H,31-32H2,1-6H3/t29-,30+. The van der Waals surface area contributed by atoms with E-state index in [1.165, 1.54) is 0 Å². The van der Waals surface area contributed by atoms with Crippen LogP contribution in [0.4, 0.5) is 0 Å². The van der Waals surface area contributed by atoms with E-state index in [0.717, 1.165) is 33.0 Å². The van der Waals surface area contributed by atoms with Gasteiger partial charge in [-0.25, -0.2) is 0 Å². The molecule has 2 heterocycles. The van der Waals surface area contributed by atoms with Gasteiger partial charge in [0.05, 0.1) is 11.1 Å². The average molecular weight is 517 g/mol. The van der Waals surface area contributed by atoms with Gasteiger partial charge in [0.25, 0.3) is 0 Å². The molecule has 0 aliphatic carbocycles. The van der Waals surface area contributed by atoms with E-state index in [1.54, 1.807) is 0 Å². The first kappa shape index (κ1) is 24.5. The summed E-state index contributed by atoms with van der Waals surface area (Å²) in [6.07, 6.45) is -1.94. The Morgan fingerprint density at radius 3 is 1.29 bits per heavy atom. The van der Waals surface area contributed by atoms with E-state index in [9.17, 15) is 20.4 Å². The topological polar surface area (TPSA) is 151 Å². The summed E-state index contributed by atoms with van der Waals surface area (Å²) >= 11 is 0. The van der Waals surface area contributed by atoms with E-state index in [-0.39, 0.29) is 34.8 Å². The van der Waals surface area contributed by atoms with Crippen LogP contribution in [0.25, 0.3) is 32.7 Å². The van der Waals surface area contributed by atoms with E-state index >= 15 is 0 Å². The Morgan fingerprint density at radius 1 is 0.632 bits per heavy atom. The molecule has 4 aromatic rings. The van der Waals surface area contributed by atoms with Gasteiger partial charge in [-0.05, 0) is 47.6 Å². The normalized spacial score (nSPS) is 17.7. The highest BCUT2D eigenvalue weighted by molar-refractivity contribution is 6.10. The molecule has 0 amide bonds. The molecule has 0 fully saturated rings. The smallest absolute Gasteiger partial charge is 0.178 e. The minimum Gasteiger partial charge on any atom is -0.504 e. The average Bonchev–Trinajstić information content (AvgIpc) is 3.34. The zero-order chi connectivity index (χ0) is 27.5. The van der Waals surface area contributed by atoms with E-state index < -0.39 is 12.5 Å². The maximum absolute atomic E-state index is 10.9. The molecular weight excluding hydrogens is 484 g/mol. The van der Waals surface area contributed by atoms with Crippen LogP contribution < -0.4 is 20.9 Å². The highest BCUT2D eigenvalue weighted by atomic mass is 16.5. The molecule has 0 saturated heterocycles.